The number of imidazole rings is 1. The maximum Gasteiger partial charge on any atom is 0.180 e. The summed E-state index contributed by atoms with van der Waals surface area (Å²) in [5, 5.41) is 4.80. The molecule has 4 aromatic rings. The molecule has 0 bridgehead atoms. The lowest BCUT2D eigenvalue weighted by atomic mass is 9.71. The minimum Gasteiger partial charge on any atom is -0.489 e. The molecular formula is C21H22N6O. The second-order valence-electron chi connectivity index (χ2n) is 8.00. The molecule has 2 aliphatic rings. The zero-order valence-electron chi connectivity index (χ0n) is 16.1. The Labute approximate surface area is 162 Å². The molecule has 142 valence electrons. The molecule has 0 amide bonds. The number of fused-ring (bicyclic) bond motifs is 4. The average Bonchev–Trinajstić information content (AvgIpc) is 3.29. The Morgan fingerprint density at radius 2 is 2.00 bits per heavy atom. The molecule has 5 heterocycles. The summed E-state index contributed by atoms with van der Waals surface area (Å²) in [4.78, 5) is 14.2. The van der Waals surface area contributed by atoms with Crippen LogP contribution >= 0.6 is 0 Å². The molecule has 28 heavy (non-hydrogen) atoms. The number of nitrogens with zero attached hydrogens (tertiary/aromatic N) is 6. The second-order valence-corrected chi connectivity index (χ2v) is 8.00. The van der Waals surface area contributed by atoms with E-state index >= 15 is 0 Å². The molecule has 2 atom stereocenters. The summed E-state index contributed by atoms with van der Waals surface area (Å²) < 4.78 is 9.96. The van der Waals surface area contributed by atoms with Crippen LogP contribution in [0.4, 0.5) is 0 Å². The van der Waals surface area contributed by atoms with E-state index < -0.39 is 0 Å². The quantitative estimate of drug-likeness (QED) is 0.538. The smallest absolute Gasteiger partial charge is 0.180 e. The molecule has 1 aliphatic heterocycles. The van der Waals surface area contributed by atoms with E-state index in [1.54, 1.807) is 0 Å². The Morgan fingerprint density at radius 3 is 2.82 bits per heavy atom. The van der Waals surface area contributed by atoms with E-state index in [2.05, 4.69) is 27.8 Å². The Kier molecular flexibility index (Phi) is 3.30. The third-order valence-electron chi connectivity index (χ3n) is 6.23. The summed E-state index contributed by atoms with van der Waals surface area (Å²) in [5.74, 6) is 2.52. The normalized spacial score (nSPS) is 21.5. The molecule has 0 aromatic carbocycles. The van der Waals surface area contributed by atoms with Gasteiger partial charge in [-0.3, -0.25) is 4.98 Å². The van der Waals surface area contributed by atoms with Crippen LogP contribution in [0.15, 0.2) is 24.7 Å². The Bertz CT molecular complexity index is 1180. The first-order chi connectivity index (χ1) is 13.7. The van der Waals surface area contributed by atoms with Gasteiger partial charge in [-0.25, -0.2) is 14.5 Å². The van der Waals surface area contributed by atoms with E-state index in [9.17, 15) is 0 Å². The fraction of sp³-hybridized carbons (Fsp3) is 0.429. The summed E-state index contributed by atoms with van der Waals surface area (Å²) in [7, 11) is 0. The van der Waals surface area contributed by atoms with Crippen LogP contribution in [0, 0.1) is 13.8 Å². The summed E-state index contributed by atoms with van der Waals surface area (Å²) >= 11 is 0. The summed E-state index contributed by atoms with van der Waals surface area (Å²) in [5.41, 5.74) is 6.10. The first-order valence-electron chi connectivity index (χ1n) is 10.0. The molecule has 0 N–H and O–H groups in total. The summed E-state index contributed by atoms with van der Waals surface area (Å²) in [6.07, 6.45) is 10.5. The highest BCUT2D eigenvalue weighted by Crippen LogP contribution is 2.48. The topological polar surface area (TPSA) is 69.6 Å². The van der Waals surface area contributed by atoms with Crippen LogP contribution in [-0.4, -0.2) is 35.6 Å². The number of aryl methyl sites for hydroxylation is 3. The fourth-order valence-electron chi connectivity index (χ4n) is 4.48. The number of rotatable bonds is 2. The van der Waals surface area contributed by atoms with Crippen LogP contribution in [0.3, 0.4) is 0 Å². The number of ether oxygens (including phenoxy) is 1. The standard InChI is InChI=1S/C21H22N6O/c1-12-10-22-13(2)20-24-19(25-27(12)20)16-6-5-15(16)17-11-26-8-7-14-4-3-9-28-18(14)21(26)23-17/h7-8,10-11,15-16H,3-6,9H2,1-2H3. The van der Waals surface area contributed by atoms with Gasteiger partial charge in [0.2, 0.25) is 0 Å². The van der Waals surface area contributed by atoms with Gasteiger partial charge in [-0.1, -0.05) is 0 Å². The summed E-state index contributed by atoms with van der Waals surface area (Å²) in [6, 6.07) is 2.16. The van der Waals surface area contributed by atoms with E-state index in [0.717, 1.165) is 72.2 Å². The molecule has 0 radical (unpaired) electrons. The van der Waals surface area contributed by atoms with Gasteiger partial charge >= 0.3 is 0 Å². The van der Waals surface area contributed by atoms with E-state index in [4.69, 9.17) is 19.8 Å². The third kappa shape index (κ3) is 2.22. The van der Waals surface area contributed by atoms with Gasteiger partial charge in [0.05, 0.1) is 23.7 Å². The third-order valence-corrected chi connectivity index (χ3v) is 6.23. The molecule has 1 fully saturated rings. The molecule has 6 rings (SSSR count). The van der Waals surface area contributed by atoms with Crippen LogP contribution in [0.25, 0.3) is 11.3 Å². The van der Waals surface area contributed by atoms with Gasteiger partial charge in [0.25, 0.3) is 0 Å². The lowest BCUT2D eigenvalue weighted by molar-refractivity contribution is 0.290. The first-order valence-corrected chi connectivity index (χ1v) is 10.0. The molecule has 1 saturated carbocycles. The van der Waals surface area contributed by atoms with Gasteiger partial charge in [-0.05, 0) is 51.2 Å². The molecule has 0 spiro atoms. The maximum absolute atomic E-state index is 5.94. The van der Waals surface area contributed by atoms with Gasteiger partial charge < -0.3 is 9.14 Å². The lowest BCUT2D eigenvalue weighted by Gasteiger charge is -2.33. The van der Waals surface area contributed by atoms with Gasteiger partial charge in [0.15, 0.2) is 22.9 Å². The molecule has 0 saturated heterocycles. The fourth-order valence-corrected chi connectivity index (χ4v) is 4.48. The van der Waals surface area contributed by atoms with Gasteiger partial charge in [0.1, 0.15) is 0 Å². The molecular weight excluding hydrogens is 352 g/mol. The minimum absolute atomic E-state index is 0.306. The van der Waals surface area contributed by atoms with Crippen molar-refractivity contribution in [3.8, 4) is 5.75 Å². The van der Waals surface area contributed by atoms with Crippen LogP contribution in [0.1, 0.15) is 59.6 Å². The van der Waals surface area contributed by atoms with Crippen molar-refractivity contribution in [2.45, 2.75) is 51.4 Å². The zero-order chi connectivity index (χ0) is 18.8. The van der Waals surface area contributed by atoms with Crippen molar-refractivity contribution in [3.05, 3.63) is 53.1 Å². The number of hydrogen-bond donors (Lipinski definition) is 0. The molecule has 2 unspecified atom stereocenters. The number of hydrogen-bond acceptors (Lipinski definition) is 5. The van der Waals surface area contributed by atoms with Crippen molar-refractivity contribution in [1.29, 1.82) is 0 Å². The van der Waals surface area contributed by atoms with Crippen LogP contribution in [-0.2, 0) is 6.42 Å². The van der Waals surface area contributed by atoms with E-state index in [1.807, 2.05) is 24.6 Å². The first kappa shape index (κ1) is 16.0. The Morgan fingerprint density at radius 1 is 1.11 bits per heavy atom. The van der Waals surface area contributed by atoms with E-state index in [1.165, 1.54) is 5.56 Å². The van der Waals surface area contributed by atoms with Crippen LogP contribution in [0.5, 0.6) is 5.75 Å². The van der Waals surface area contributed by atoms with Crippen molar-refractivity contribution in [2.24, 2.45) is 0 Å². The second kappa shape index (κ2) is 5.77. The van der Waals surface area contributed by atoms with Crippen molar-refractivity contribution in [2.75, 3.05) is 6.61 Å². The molecule has 4 aromatic heterocycles. The molecule has 1 aliphatic carbocycles. The van der Waals surface area contributed by atoms with Crippen molar-refractivity contribution >= 4 is 11.3 Å². The Balaban J connectivity index is 1.39. The molecule has 7 nitrogen and oxygen atoms in total. The van der Waals surface area contributed by atoms with Gasteiger partial charge in [-0.2, -0.15) is 5.10 Å². The van der Waals surface area contributed by atoms with E-state index in [-0.39, 0.29) is 0 Å². The largest absolute Gasteiger partial charge is 0.489 e. The minimum atomic E-state index is 0.306. The van der Waals surface area contributed by atoms with Gasteiger partial charge in [-0.15, -0.1) is 0 Å². The van der Waals surface area contributed by atoms with E-state index in [0.29, 0.717) is 11.8 Å². The lowest BCUT2D eigenvalue weighted by Crippen LogP contribution is -2.23. The average molecular weight is 374 g/mol. The van der Waals surface area contributed by atoms with Gasteiger partial charge in [0, 0.05) is 30.4 Å². The number of pyridine rings is 1. The van der Waals surface area contributed by atoms with Crippen LogP contribution < -0.4 is 4.74 Å². The van der Waals surface area contributed by atoms with Crippen molar-refractivity contribution < 1.29 is 4.74 Å². The van der Waals surface area contributed by atoms with Crippen molar-refractivity contribution in [3.63, 3.8) is 0 Å². The Hall–Kier alpha value is -2.96. The van der Waals surface area contributed by atoms with Crippen molar-refractivity contribution in [1.82, 2.24) is 29.0 Å². The predicted octanol–water partition coefficient (Wildman–Crippen LogP) is 3.38. The molecule has 7 heteroatoms. The predicted molar refractivity (Wildman–Crippen MR) is 104 cm³/mol. The highest BCUT2D eigenvalue weighted by atomic mass is 16.5. The maximum atomic E-state index is 5.94. The monoisotopic (exact) mass is 374 g/mol. The highest BCUT2D eigenvalue weighted by Gasteiger charge is 2.38. The SMILES string of the molecule is Cc1ncc(C)n2nc(C3CCC3c3cn4ccc5c(c4n3)OCCC5)nc12. The summed E-state index contributed by atoms with van der Waals surface area (Å²) in [6.45, 7) is 4.77. The highest BCUT2D eigenvalue weighted by molar-refractivity contribution is 5.59. The van der Waals surface area contributed by atoms with Crippen LogP contribution in [0.2, 0.25) is 0 Å². The zero-order valence-corrected chi connectivity index (χ0v) is 16.1. The number of aromatic nitrogens is 6.